The van der Waals surface area contributed by atoms with Crippen LogP contribution < -0.4 is 5.56 Å². The first-order valence-corrected chi connectivity index (χ1v) is 8.70. The molecule has 1 fully saturated rings. The maximum atomic E-state index is 12.9. The van der Waals surface area contributed by atoms with E-state index in [1.807, 2.05) is 6.92 Å². The number of pyridine rings is 1. The van der Waals surface area contributed by atoms with Crippen LogP contribution in [0.1, 0.15) is 30.0 Å². The van der Waals surface area contributed by atoms with E-state index in [-0.39, 0.29) is 10.5 Å². The third-order valence-electron chi connectivity index (χ3n) is 4.04. The number of aromatic nitrogens is 1. The largest absolute Gasteiger partial charge is 0.329 e. The third-order valence-corrected chi connectivity index (χ3v) is 5.96. The molecule has 3 rings (SSSR count). The summed E-state index contributed by atoms with van der Waals surface area (Å²) < 4.78 is 27.2. The van der Waals surface area contributed by atoms with Gasteiger partial charge in [-0.05, 0) is 38.0 Å². The van der Waals surface area contributed by atoms with Crippen LogP contribution in [0.3, 0.4) is 0 Å². The molecule has 1 aromatic heterocycles. The quantitative estimate of drug-likeness (QED) is 0.943. The van der Waals surface area contributed by atoms with Gasteiger partial charge in [-0.1, -0.05) is 23.8 Å². The van der Waals surface area contributed by atoms with Crippen LogP contribution in [0.25, 0.3) is 0 Å². The molecule has 0 bridgehead atoms. The van der Waals surface area contributed by atoms with Crippen LogP contribution in [0.4, 0.5) is 0 Å². The van der Waals surface area contributed by atoms with Crippen LogP contribution >= 0.6 is 0 Å². The van der Waals surface area contributed by atoms with Crippen LogP contribution in [0.15, 0.2) is 52.3 Å². The van der Waals surface area contributed by atoms with Gasteiger partial charge in [-0.25, -0.2) is 8.42 Å². The van der Waals surface area contributed by atoms with Gasteiger partial charge in [-0.2, -0.15) is 4.31 Å². The van der Waals surface area contributed by atoms with E-state index in [1.54, 1.807) is 42.6 Å². The second-order valence-electron chi connectivity index (χ2n) is 5.54. The molecule has 22 heavy (non-hydrogen) atoms. The summed E-state index contributed by atoms with van der Waals surface area (Å²) in [6.07, 6.45) is 2.97. The first kappa shape index (κ1) is 15.0. The Kier molecular flexibility index (Phi) is 3.88. The van der Waals surface area contributed by atoms with Crippen LogP contribution in [-0.4, -0.2) is 24.3 Å². The van der Waals surface area contributed by atoms with Gasteiger partial charge in [0.1, 0.15) is 0 Å². The second kappa shape index (κ2) is 5.70. The third kappa shape index (κ3) is 2.60. The van der Waals surface area contributed by atoms with Crippen molar-refractivity contribution in [2.45, 2.75) is 30.7 Å². The molecule has 0 spiro atoms. The first-order valence-electron chi connectivity index (χ1n) is 7.26. The maximum absolute atomic E-state index is 12.9. The number of sulfonamides is 1. The van der Waals surface area contributed by atoms with Gasteiger partial charge < -0.3 is 4.98 Å². The zero-order valence-corrected chi connectivity index (χ0v) is 13.1. The smallest absolute Gasteiger partial charge is 0.252 e. The van der Waals surface area contributed by atoms with Gasteiger partial charge in [0.2, 0.25) is 10.0 Å². The van der Waals surface area contributed by atoms with E-state index in [2.05, 4.69) is 4.98 Å². The fourth-order valence-electron chi connectivity index (χ4n) is 2.88. The summed E-state index contributed by atoms with van der Waals surface area (Å²) in [5.74, 6) is 0. The molecule has 1 N–H and O–H groups in total. The Balaban J connectivity index is 2.01. The predicted octanol–water partition coefficient (Wildman–Crippen LogP) is 2.21. The molecule has 0 radical (unpaired) electrons. The van der Waals surface area contributed by atoms with Gasteiger partial charge >= 0.3 is 0 Å². The molecule has 0 aliphatic carbocycles. The standard InChI is InChI=1S/C16H18N2O3S/c1-12-6-8-13(9-7-12)22(20,21)18-11-3-5-15(18)14-4-2-10-17-16(14)19/h2,4,6-10,15H,3,5,11H2,1H3,(H,17,19). The molecular formula is C16H18N2O3S. The number of rotatable bonds is 3. The minimum absolute atomic E-state index is 0.224. The van der Waals surface area contributed by atoms with Gasteiger partial charge in [-0.15, -0.1) is 0 Å². The van der Waals surface area contributed by atoms with Crippen LogP contribution in [0, 0.1) is 6.92 Å². The predicted molar refractivity (Wildman–Crippen MR) is 84.1 cm³/mol. The van der Waals surface area contributed by atoms with Crippen molar-refractivity contribution in [3.63, 3.8) is 0 Å². The molecule has 1 aliphatic rings. The molecule has 116 valence electrons. The normalized spacial score (nSPS) is 19.4. The monoisotopic (exact) mass is 318 g/mol. The van der Waals surface area contributed by atoms with Crippen molar-refractivity contribution in [1.82, 2.24) is 9.29 Å². The lowest BCUT2D eigenvalue weighted by Crippen LogP contribution is -2.33. The summed E-state index contributed by atoms with van der Waals surface area (Å²) in [5.41, 5.74) is 1.30. The first-order chi connectivity index (χ1) is 10.5. The lowest BCUT2D eigenvalue weighted by Gasteiger charge is -2.23. The fourth-order valence-corrected chi connectivity index (χ4v) is 4.56. The van der Waals surface area contributed by atoms with Crippen LogP contribution in [0.5, 0.6) is 0 Å². The van der Waals surface area contributed by atoms with Crippen molar-refractivity contribution in [1.29, 1.82) is 0 Å². The van der Waals surface area contributed by atoms with Gasteiger partial charge in [0.15, 0.2) is 0 Å². The maximum Gasteiger partial charge on any atom is 0.252 e. The zero-order valence-electron chi connectivity index (χ0n) is 12.3. The molecule has 0 amide bonds. The van der Waals surface area contributed by atoms with Gasteiger partial charge in [-0.3, -0.25) is 4.79 Å². The Morgan fingerprint density at radius 3 is 2.59 bits per heavy atom. The number of H-pyrrole nitrogens is 1. The van der Waals surface area contributed by atoms with Crippen molar-refractivity contribution < 1.29 is 8.42 Å². The number of aryl methyl sites for hydroxylation is 1. The summed E-state index contributed by atoms with van der Waals surface area (Å²) >= 11 is 0. The van der Waals surface area contributed by atoms with Crippen LogP contribution in [0.2, 0.25) is 0 Å². The molecule has 1 atom stereocenters. The summed E-state index contributed by atoms with van der Waals surface area (Å²) in [7, 11) is -3.59. The Morgan fingerprint density at radius 2 is 1.91 bits per heavy atom. The highest BCUT2D eigenvalue weighted by molar-refractivity contribution is 7.89. The molecular weight excluding hydrogens is 300 g/mol. The molecule has 2 heterocycles. The number of nitrogens with one attached hydrogen (secondary N) is 1. The minimum atomic E-state index is -3.59. The highest BCUT2D eigenvalue weighted by Gasteiger charge is 2.37. The van der Waals surface area contributed by atoms with Crippen molar-refractivity contribution in [2.75, 3.05) is 6.54 Å². The lowest BCUT2D eigenvalue weighted by molar-refractivity contribution is 0.394. The number of nitrogens with zero attached hydrogens (tertiary/aromatic N) is 1. The molecule has 5 nitrogen and oxygen atoms in total. The number of hydrogen-bond acceptors (Lipinski definition) is 3. The Labute approximate surface area is 129 Å². The SMILES string of the molecule is Cc1ccc(S(=O)(=O)N2CCCC2c2ccc[nH]c2=O)cc1. The van der Waals surface area contributed by atoms with Gasteiger partial charge in [0.05, 0.1) is 10.9 Å². The highest BCUT2D eigenvalue weighted by Crippen LogP contribution is 2.35. The van der Waals surface area contributed by atoms with Crippen molar-refractivity contribution in [3.8, 4) is 0 Å². The zero-order chi connectivity index (χ0) is 15.7. The average molecular weight is 318 g/mol. The van der Waals surface area contributed by atoms with E-state index >= 15 is 0 Å². The van der Waals surface area contributed by atoms with Gasteiger partial charge in [0.25, 0.3) is 5.56 Å². The van der Waals surface area contributed by atoms with E-state index in [9.17, 15) is 13.2 Å². The molecule has 1 aliphatic heterocycles. The highest BCUT2D eigenvalue weighted by atomic mass is 32.2. The summed E-state index contributed by atoms with van der Waals surface area (Å²) in [6, 6.07) is 9.85. The molecule has 6 heteroatoms. The molecule has 0 saturated carbocycles. The van der Waals surface area contributed by atoms with Crippen molar-refractivity contribution in [2.24, 2.45) is 0 Å². The van der Waals surface area contributed by atoms with Crippen LogP contribution in [-0.2, 0) is 10.0 Å². The van der Waals surface area contributed by atoms with E-state index in [1.165, 1.54) is 4.31 Å². The van der Waals surface area contributed by atoms with E-state index < -0.39 is 16.1 Å². The fraction of sp³-hybridized carbons (Fsp3) is 0.312. The van der Waals surface area contributed by atoms with E-state index in [0.717, 1.165) is 12.0 Å². The van der Waals surface area contributed by atoms with E-state index in [0.29, 0.717) is 18.5 Å². The Bertz CT molecular complexity index is 825. The van der Waals surface area contributed by atoms with Crippen molar-refractivity contribution in [3.05, 3.63) is 64.1 Å². The van der Waals surface area contributed by atoms with Gasteiger partial charge in [0, 0.05) is 18.3 Å². The molecule has 2 aromatic rings. The molecule has 1 saturated heterocycles. The summed E-state index contributed by atoms with van der Waals surface area (Å²) in [4.78, 5) is 14.9. The van der Waals surface area contributed by atoms with Crippen molar-refractivity contribution >= 4 is 10.0 Å². The number of hydrogen-bond donors (Lipinski definition) is 1. The number of benzene rings is 1. The topological polar surface area (TPSA) is 70.2 Å². The number of aromatic amines is 1. The minimum Gasteiger partial charge on any atom is -0.329 e. The Morgan fingerprint density at radius 1 is 1.18 bits per heavy atom. The average Bonchev–Trinajstić information content (AvgIpc) is 2.98. The second-order valence-corrected chi connectivity index (χ2v) is 7.43. The molecule has 1 unspecified atom stereocenters. The Hall–Kier alpha value is -1.92. The lowest BCUT2D eigenvalue weighted by atomic mass is 10.1. The summed E-state index contributed by atoms with van der Waals surface area (Å²) in [5, 5.41) is 0. The van der Waals surface area contributed by atoms with E-state index in [4.69, 9.17) is 0 Å². The molecule has 1 aromatic carbocycles. The summed E-state index contributed by atoms with van der Waals surface area (Å²) in [6.45, 7) is 2.35.